The summed E-state index contributed by atoms with van der Waals surface area (Å²) in [5, 5.41) is 0.527. The first-order valence-corrected chi connectivity index (χ1v) is 6.64. The normalized spacial score (nSPS) is 10.3. The number of nitrogen functional groups attached to an aromatic ring is 1. The fourth-order valence-corrected chi connectivity index (χ4v) is 2.09. The SMILES string of the molecule is NNC(=O)c1ccc(OCc2ccc(F)cc2Cl)c(Cl)c1. The van der Waals surface area contributed by atoms with Gasteiger partial charge in [0, 0.05) is 11.1 Å². The molecule has 0 saturated heterocycles. The van der Waals surface area contributed by atoms with Crippen LogP contribution in [0, 0.1) is 5.82 Å². The highest BCUT2D eigenvalue weighted by Crippen LogP contribution is 2.27. The minimum Gasteiger partial charge on any atom is -0.487 e. The summed E-state index contributed by atoms with van der Waals surface area (Å²) in [6.07, 6.45) is 0. The lowest BCUT2D eigenvalue weighted by molar-refractivity contribution is 0.0953. The molecule has 110 valence electrons. The minimum absolute atomic E-state index is 0.126. The Kier molecular flexibility index (Phi) is 5.01. The van der Waals surface area contributed by atoms with E-state index in [0.717, 1.165) is 0 Å². The Morgan fingerprint density at radius 2 is 1.95 bits per heavy atom. The van der Waals surface area contributed by atoms with E-state index in [2.05, 4.69) is 0 Å². The largest absolute Gasteiger partial charge is 0.487 e. The van der Waals surface area contributed by atoms with Crippen molar-refractivity contribution in [2.24, 2.45) is 5.84 Å². The molecule has 0 fully saturated rings. The van der Waals surface area contributed by atoms with Gasteiger partial charge in [-0.2, -0.15) is 0 Å². The Labute approximate surface area is 130 Å². The predicted molar refractivity (Wildman–Crippen MR) is 78.8 cm³/mol. The predicted octanol–water partition coefficient (Wildman–Crippen LogP) is 3.32. The van der Waals surface area contributed by atoms with Crippen molar-refractivity contribution in [1.29, 1.82) is 0 Å². The third kappa shape index (κ3) is 3.85. The van der Waals surface area contributed by atoms with Gasteiger partial charge in [-0.15, -0.1) is 0 Å². The number of carbonyl (C=O) groups is 1. The van der Waals surface area contributed by atoms with E-state index in [-0.39, 0.29) is 16.7 Å². The molecular weight excluding hydrogens is 318 g/mol. The molecule has 3 N–H and O–H groups in total. The topological polar surface area (TPSA) is 64.3 Å². The Morgan fingerprint density at radius 1 is 1.19 bits per heavy atom. The number of hydrogen-bond donors (Lipinski definition) is 2. The van der Waals surface area contributed by atoms with Crippen molar-refractivity contribution in [3.05, 3.63) is 63.4 Å². The lowest BCUT2D eigenvalue weighted by Crippen LogP contribution is -2.29. The van der Waals surface area contributed by atoms with Crippen LogP contribution in [0.25, 0.3) is 0 Å². The molecule has 0 aliphatic carbocycles. The molecule has 21 heavy (non-hydrogen) atoms. The number of hydrogen-bond acceptors (Lipinski definition) is 3. The summed E-state index contributed by atoms with van der Waals surface area (Å²) >= 11 is 11.9. The maximum absolute atomic E-state index is 12.9. The quantitative estimate of drug-likeness (QED) is 0.514. The van der Waals surface area contributed by atoms with E-state index in [0.29, 0.717) is 16.9 Å². The first-order chi connectivity index (χ1) is 10.0. The van der Waals surface area contributed by atoms with Gasteiger partial charge in [-0.1, -0.05) is 29.3 Å². The molecule has 0 saturated carbocycles. The summed E-state index contributed by atoms with van der Waals surface area (Å²) in [6.45, 7) is 0.126. The minimum atomic E-state index is -0.454. The highest BCUT2D eigenvalue weighted by molar-refractivity contribution is 6.32. The van der Waals surface area contributed by atoms with Gasteiger partial charge in [-0.05, 0) is 30.3 Å². The maximum Gasteiger partial charge on any atom is 0.265 e. The van der Waals surface area contributed by atoms with Crippen molar-refractivity contribution in [3.8, 4) is 5.75 Å². The number of nitrogens with one attached hydrogen (secondary N) is 1. The summed E-state index contributed by atoms with van der Waals surface area (Å²) in [5.41, 5.74) is 2.94. The van der Waals surface area contributed by atoms with Crippen LogP contribution in [0.3, 0.4) is 0 Å². The van der Waals surface area contributed by atoms with Crippen LogP contribution in [-0.4, -0.2) is 5.91 Å². The van der Waals surface area contributed by atoms with Crippen molar-refractivity contribution in [2.45, 2.75) is 6.61 Å². The van der Waals surface area contributed by atoms with Crippen molar-refractivity contribution < 1.29 is 13.9 Å². The zero-order valence-corrected chi connectivity index (χ0v) is 12.2. The van der Waals surface area contributed by atoms with E-state index < -0.39 is 11.7 Å². The maximum atomic E-state index is 12.9. The molecule has 0 spiro atoms. The van der Waals surface area contributed by atoms with E-state index >= 15 is 0 Å². The summed E-state index contributed by atoms with van der Waals surface area (Å²) in [6, 6.07) is 8.53. The van der Waals surface area contributed by atoms with Crippen LogP contribution in [-0.2, 0) is 6.61 Å². The Balaban J connectivity index is 2.11. The Bertz CT molecular complexity index is 680. The second-order valence-electron chi connectivity index (χ2n) is 4.14. The van der Waals surface area contributed by atoms with Gasteiger partial charge in [0.2, 0.25) is 0 Å². The van der Waals surface area contributed by atoms with Crippen molar-refractivity contribution in [1.82, 2.24) is 5.43 Å². The molecule has 0 aromatic heterocycles. The fraction of sp³-hybridized carbons (Fsp3) is 0.0714. The van der Waals surface area contributed by atoms with Gasteiger partial charge < -0.3 is 4.74 Å². The van der Waals surface area contributed by atoms with Gasteiger partial charge in [0.25, 0.3) is 5.91 Å². The molecule has 7 heteroatoms. The number of nitrogens with two attached hydrogens (primary N) is 1. The molecule has 0 aliphatic heterocycles. The smallest absolute Gasteiger partial charge is 0.265 e. The van der Waals surface area contributed by atoms with Crippen LogP contribution in [0.5, 0.6) is 5.75 Å². The van der Waals surface area contributed by atoms with Crippen LogP contribution in [0.1, 0.15) is 15.9 Å². The average Bonchev–Trinajstić information content (AvgIpc) is 2.46. The molecule has 2 aromatic carbocycles. The van der Waals surface area contributed by atoms with E-state index in [1.807, 2.05) is 5.43 Å². The number of carbonyl (C=O) groups excluding carboxylic acids is 1. The van der Waals surface area contributed by atoms with Crippen molar-refractivity contribution >= 4 is 29.1 Å². The monoisotopic (exact) mass is 328 g/mol. The highest BCUT2D eigenvalue weighted by atomic mass is 35.5. The molecule has 4 nitrogen and oxygen atoms in total. The number of amides is 1. The van der Waals surface area contributed by atoms with Crippen molar-refractivity contribution in [3.63, 3.8) is 0 Å². The molecule has 0 unspecified atom stereocenters. The lowest BCUT2D eigenvalue weighted by Gasteiger charge is -2.10. The molecule has 0 aliphatic rings. The number of rotatable bonds is 4. The second kappa shape index (κ2) is 6.76. The van der Waals surface area contributed by atoms with Crippen LogP contribution in [0.4, 0.5) is 4.39 Å². The molecule has 0 atom stereocenters. The third-order valence-corrected chi connectivity index (χ3v) is 3.37. The first-order valence-electron chi connectivity index (χ1n) is 5.88. The molecule has 0 bridgehead atoms. The van der Waals surface area contributed by atoms with Crippen LogP contribution < -0.4 is 16.0 Å². The van der Waals surface area contributed by atoms with Gasteiger partial charge in [0.15, 0.2) is 0 Å². The van der Waals surface area contributed by atoms with E-state index in [4.69, 9.17) is 33.8 Å². The average molecular weight is 329 g/mol. The number of ether oxygens (including phenoxy) is 1. The second-order valence-corrected chi connectivity index (χ2v) is 4.96. The van der Waals surface area contributed by atoms with Gasteiger partial charge in [0.05, 0.1) is 10.0 Å². The van der Waals surface area contributed by atoms with Gasteiger partial charge in [0.1, 0.15) is 18.2 Å². The van der Waals surface area contributed by atoms with Gasteiger partial charge >= 0.3 is 0 Å². The zero-order valence-electron chi connectivity index (χ0n) is 10.7. The highest BCUT2D eigenvalue weighted by Gasteiger charge is 2.09. The Hall–Kier alpha value is -1.82. The van der Waals surface area contributed by atoms with Gasteiger partial charge in [-0.25, -0.2) is 10.2 Å². The van der Waals surface area contributed by atoms with E-state index in [1.165, 1.54) is 30.3 Å². The lowest BCUT2D eigenvalue weighted by atomic mass is 10.2. The summed E-state index contributed by atoms with van der Waals surface area (Å²) < 4.78 is 18.4. The molecule has 2 aromatic rings. The molecule has 1 amide bonds. The van der Waals surface area contributed by atoms with Crippen molar-refractivity contribution in [2.75, 3.05) is 0 Å². The Morgan fingerprint density at radius 3 is 2.57 bits per heavy atom. The number of halogens is 3. The van der Waals surface area contributed by atoms with Crippen LogP contribution in [0.2, 0.25) is 10.0 Å². The fourth-order valence-electron chi connectivity index (χ4n) is 1.64. The molecule has 2 rings (SSSR count). The van der Waals surface area contributed by atoms with Crippen LogP contribution >= 0.6 is 23.2 Å². The van der Waals surface area contributed by atoms with Gasteiger partial charge in [-0.3, -0.25) is 10.2 Å². The summed E-state index contributed by atoms with van der Waals surface area (Å²) in [4.78, 5) is 11.3. The number of hydrazine groups is 1. The number of benzene rings is 2. The standard InChI is InChI=1S/C14H11Cl2FN2O2/c15-11-6-10(17)3-1-9(11)7-21-13-4-2-8(5-12(13)16)14(20)19-18/h1-6H,7,18H2,(H,19,20). The summed E-state index contributed by atoms with van der Waals surface area (Å²) in [5.74, 6) is 4.55. The third-order valence-electron chi connectivity index (χ3n) is 2.72. The van der Waals surface area contributed by atoms with E-state index in [9.17, 15) is 9.18 Å². The molecule has 0 radical (unpaired) electrons. The zero-order chi connectivity index (χ0) is 15.4. The van der Waals surface area contributed by atoms with Crippen LogP contribution in [0.15, 0.2) is 36.4 Å². The molecule has 0 heterocycles. The molecular formula is C14H11Cl2FN2O2. The summed E-state index contributed by atoms with van der Waals surface area (Å²) in [7, 11) is 0. The first kappa shape index (κ1) is 15.6. The van der Waals surface area contributed by atoms with E-state index in [1.54, 1.807) is 6.07 Å².